The first-order chi connectivity index (χ1) is 3.62. The maximum Gasteiger partial charge on any atom is 0.242 e. The topological polar surface area (TPSA) is 13.6 Å². The van der Waals surface area contributed by atoms with Crippen LogP contribution >= 0.6 is 0 Å². The van der Waals surface area contributed by atoms with Gasteiger partial charge in [-0.1, -0.05) is 0 Å². The maximum atomic E-state index is 6.51. The van der Waals surface area contributed by atoms with Gasteiger partial charge >= 0.3 is 0 Å². The molecule has 9 heavy (non-hydrogen) atoms. The fraction of sp³-hybridized carbons (Fsp3) is 0.833. The maximum absolute atomic E-state index is 6.51. The van der Waals surface area contributed by atoms with E-state index in [9.17, 15) is 0 Å². The first kappa shape index (κ1) is 11.8. The van der Waals surface area contributed by atoms with Gasteiger partial charge < -0.3 is 9.58 Å². The fourth-order valence-corrected chi connectivity index (χ4v) is 0.255. The molecule has 0 fully saturated rings. The van der Waals surface area contributed by atoms with Gasteiger partial charge in [-0.3, -0.25) is 0 Å². The number of nitrogens with zero attached hydrogens (tertiary/aromatic N) is 1. The number of hydrogen-bond donors (Lipinski definition) is 0. The molecule has 0 aliphatic carbocycles. The molecule has 53 valence electrons. The average Bonchev–Trinajstić information content (AvgIpc) is 1.67. The first-order valence-corrected chi connectivity index (χ1v) is 2.51. The van der Waals surface area contributed by atoms with E-state index in [0.717, 1.165) is 0 Å². The van der Waals surface area contributed by atoms with Crippen molar-refractivity contribution in [2.75, 3.05) is 13.7 Å². The zero-order chi connectivity index (χ0) is 6.62. The van der Waals surface area contributed by atoms with Crippen LogP contribution in [0.5, 0.6) is 0 Å². The fourth-order valence-electron chi connectivity index (χ4n) is 0.255. The predicted octanol–water partition coefficient (Wildman–Crippen LogP) is 1.33. The number of hydrogen-bond acceptors (Lipinski definition) is 1. The monoisotopic (exact) mass is 212 g/mol. The standard InChI is InChI=1S/C6H11NO.Tc/c1-6(2,8-4)5-7-3;/h5H2,1-2,4H3;/i;1+1. The van der Waals surface area contributed by atoms with Crippen molar-refractivity contribution < 1.29 is 24.8 Å². The third kappa shape index (κ3) is 5.98. The van der Waals surface area contributed by atoms with Crippen molar-refractivity contribution >= 4 is 0 Å². The van der Waals surface area contributed by atoms with Crippen molar-refractivity contribution in [2.24, 2.45) is 0 Å². The Morgan fingerprint density at radius 2 is 2.00 bits per heavy atom. The van der Waals surface area contributed by atoms with Crippen LogP contribution in [-0.2, 0) is 24.8 Å². The zero-order valence-corrected chi connectivity index (χ0v) is 7.80. The Morgan fingerprint density at radius 1 is 1.56 bits per heavy atom. The third-order valence-electron chi connectivity index (χ3n) is 1.01. The van der Waals surface area contributed by atoms with Crippen molar-refractivity contribution in [1.29, 1.82) is 0 Å². The van der Waals surface area contributed by atoms with Crippen LogP contribution in [0.1, 0.15) is 13.8 Å². The average molecular weight is 212 g/mol. The van der Waals surface area contributed by atoms with E-state index in [1.165, 1.54) is 0 Å². The summed E-state index contributed by atoms with van der Waals surface area (Å²) in [4.78, 5) is 3.20. The van der Waals surface area contributed by atoms with Crippen LogP contribution in [0.4, 0.5) is 0 Å². The molecule has 0 unspecified atom stereocenters. The number of methoxy groups -OCH3 is 1. The molecule has 1 radical (unpaired) electrons. The first-order valence-electron chi connectivity index (χ1n) is 2.51. The Kier molecular flexibility index (Phi) is 6.49. The molecular weight excluding hydrogens is 201 g/mol. The molecule has 0 heterocycles. The predicted molar refractivity (Wildman–Crippen MR) is 32.6 cm³/mol. The van der Waals surface area contributed by atoms with E-state index < -0.39 is 0 Å². The molecule has 3 heteroatoms. The molecule has 0 spiro atoms. The largest absolute Gasteiger partial charge is 0.371 e. The number of rotatable bonds is 2. The molecule has 0 atom stereocenters. The quantitative estimate of drug-likeness (QED) is 0.629. The minimum atomic E-state index is -0.262. The second-order valence-electron chi connectivity index (χ2n) is 2.28. The van der Waals surface area contributed by atoms with Crippen molar-refractivity contribution in [2.45, 2.75) is 19.4 Å². The Hall–Kier alpha value is 0.0994. The summed E-state index contributed by atoms with van der Waals surface area (Å²) in [6.45, 7) is 10.7. The van der Waals surface area contributed by atoms with Crippen LogP contribution in [0.15, 0.2) is 0 Å². The molecule has 0 aromatic heterocycles. The van der Waals surface area contributed by atoms with E-state index in [4.69, 9.17) is 11.3 Å². The van der Waals surface area contributed by atoms with E-state index in [1.807, 2.05) is 13.8 Å². The summed E-state index contributed by atoms with van der Waals surface area (Å²) >= 11 is 0. The second-order valence-corrected chi connectivity index (χ2v) is 2.28. The van der Waals surface area contributed by atoms with Gasteiger partial charge in [0.25, 0.3) is 0 Å². The van der Waals surface area contributed by atoms with Crippen LogP contribution in [0.25, 0.3) is 4.85 Å². The Bertz CT molecular complexity index is 106. The molecule has 0 aliphatic heterocycles. The van der Waals surface area contributed by atoms with Gasteiger partial charge in [-0.25, -0.2) is 6.57 Å². The minimum Gasteiger partial charge on any atom is -0.371 e. The van der Waals surface area contributed by atoms with Crippen LogP contribution in [-0.4, -0.2) is 19.3 Å². The van der Waals surface area contributed by atoms with E-state index in [0.29, 0.717) is 6.54 Å². The van der Waals surface area contributed by atoms with Gasteiger partial charge in [0, 0.05) is 27.2 Å². The molecular formula is C6H11NOTc. The summed E-state index contributed by atoms with van der Waals surface area (Å²) in [5.74, 6) is 0. The molecule has 0 amide bonds. The summed E-state index contributed by atoms with van der Waals surface area (Å²) in [6, 6.07) is 0. The molecule has 0 aromatic rings. The molecule has 0 bridgehead atoms. The normalized spacial score (nSPS) is 9.56. The Balaban J connectivity index is 0. The molecule has 0 saturated carbocycles. The molecule has 0 rings (SSSR count). The van der Waals surface area contributed by atoms with E-state index in [1.54, 1.807) is 7.11 Å². The van der Waals surface area contributed by atoms with Crippen LogP contribution < -0.4 is 0 Å². The molecule has 0 aliphatic rings. The van der Waals surface area contributed by atoms with E-state index in [-0.39, 0.29) is 25.7 Å². The van der Waals surface area contributed by atoms with Crippen molar-refractivity contribution in [1.82, 2.24) is 0 Å². The third-order valence-corrected chi connectivity index (χ3v) is 1.01. The summed E-state index contributed by atoms with van der Waals surface area (Å²) in [5, 5.41) is 0. The minimum absolute atomic E-state index is 0. The molecule has 2 nitrogen and oxygen atoms in total. The smallest absolute Gasteiger partial charge is 0.242 e. The van der Waals surface area contributed by atoms with E-state index in [2.05, 4.69) is 4.85 Å². The van der Waals surface area contributed by atoms with Gasteiger partial charge in [-0.05, 0) is 13.8 Å². The SMILES string of the molecule is [99Tc].[C-]#[N+]CC(C)(C)OC. The zero-order valence-electron chi connectivity index (χ0n) is 5.94. The van der Waals surface area contributed by atoms with Crippen molar-refractivity contribution in [3.63, 3.8) is 0 Å². The van der Waals surface area contributed by atoms with Gasteiger partial charge in [0.2, 0.25) is 6.54 Å². The molecule has 0 N–H and O–H groups in total. The van der Waals surface area contributed by atoms with Crippen molar-refractivity contribution in [3.8, 4) is 0 Å². The molecule has 0 saturated heterocycles. The summed E-state index contributed by atoms with van der Waals surface area (Å²) < 4.78 is 4.96. The molecule has 0 aromatic carbocycles. The van der Waals surface area contributed by atoms with Crippen LogP contribution in [0, 0.1) is 6.57 Å². The van der Waals surface area contributed by atoms with Crippen LogP contribution in [0.2, 0.25) is 0 Å². The van der Waals surface area contributed by atoms with Crippen LogP contribution in [0.3, 0.4) is 0 Å². The van der Waals surface area contributed by atoms with E-state index >= 15 is 0 Å². The van der Waals surface area contributed by atoms with Gasteiger partial charge in [0.05, 0.1) is 0 Å². The summed E-state index contributed by atoms with van der Waals surface area (Å²) in [7, 11) is 1.62. The van der Waals surface area contributed by atoms with Gasteiger partial charge in [-0.2, -0.15) is 0 Å². The van der Waals surface area contributed by atoms with Gasteiger partial charge in [-0.15, -0.1) is 0 Å². The second kappa shape index (κ2) is 4.93. The number of ether oxygens (including phenoxy) is 1. The van der Waals surface area contributed by atoms with Crippen molar-refractivity contribution in [3.05, 3.63) is 11.4 Å². The Labute approximate surface area is 69.8 Å². The van der Waals surface area contributed by atoms with Gasteiger partial charge in [0.15, 0.2) is 0 Å². The summed E-state index contributed by atoms with van der Waals surface area (Å²) in [6.07, 6.45) is 0. The summed E-state index contributed by atoms with van der Waals surface area (Å²) in [5.41, 5.74) is -0.262. The van der Waals surface area contributed by atoms with Gasteiger partial charge in [0.1, 0.15) is 5.60 Å². The Morgan fingerprint density at radius 3 is 2.11 bits per heavy atom.